The maximum Gasteiger partial charge on any atom is 0.240 e. The third-order valence-electron chi connectivity index (χ3n) is 4.42. The Labute approximate surface area is 150 Å². The van der Waals surface area contributed by atoms with Crippen molar-refractivity contribution < 1.29 is 4.79 Å². The predicted octanol–water partition coefficient (Wildman–Crippen LogP) is 4.59. The quantitative estimate of drug-likeness (QED) is 0.679. The summed E-state index contributed by atoms with van der Waals surface area (Å²) in [6.45, 7) is 1.55. The van der Waals surface area contributed by atoms with Gasteiger partial charge in [-0.1, -0.05) is 35.9 Å². The second-order valence-corrected chi connectivity index (χ2v) is 6.53. The van der Waals surface area contributed by atoms with Crippen LogP contribution in [0.3, 0.4) is 0 Å². The highest BCUT2D eigenvalue weighted by Gasteiger charge is 2.31. The molecule has 4 rings (SSSR count). The number of hydrogen-bond donors (Lipinski definition) is 0. The van der Waals surface area contributed by atoms with Gasteiger partial charge in [-0.3, -0.25) is 9.78 Å². The molecule has 0 saturated heterocycles. The molecule has 0 spiro atoms. The minimum Gasteiger partial charge on any atom is -0.273 e. The molecule has 0 bridgehead atoms. The first-order valence-corrected chi connectivity index (χ1v) is 8.47. The van der Waals surface area contributed by atoms with Crippen molar-refractivity contribution in [3.05, 3.63) is 76.9 Å². The van der Waals surface area contributed by atoms with E-state index in [1.807, 2.05) is 48.5 Å². The summed E-state index contributed by atoms with van der Waals surface area (Å²) in [5.41, 5.74) is 3.88. The number of carbonyl (C=O) groups excluding carboxylic acids is 1. The summed E-state index contributed by atoms with van der Waals surface area (Å²) in [6.07, 6.45) is 2.45. The number of amides is 1. The first kappa shape index (κ1) is 15.8. The van der Waals surface area contributed by atoms with E-state index in [-0.39, 0.29) is 11.9 Å². The van der Waals surface area contributed by atoms with Gasteiger partial charge in [0.05, 0.1) is 17.3 Å². The van der Waals surface area contributed by atoms with Crippen molar-refractivity contribution in [2.75, 3.05) is 0 Å². The SMILES string of the molecule is CC(=O)N1N=C(c2ccc(Cl)cc2)C[C@@H]1c1ccc2ncccc2c1. The van der Waals surface area contributed by atoms with E-state index in [4.69, 9.17) is 11.6 Å². The van der Waals surface area contributed by atoms with Crippen LogP contribution >= 0.6 is 11.6 Å². The minimum absolute atomic E-state index is 0.0692. The Bertz CT molecular complexity index is 982. The number of halogens is 1. The largest absolute Gasteiger partial charge is 0.273 e. The topological polar surface area (TPSA) is 45.6 Å². The van der Waals surface area contributed by atoms with Gasteiger partial charge < -0.3 is 0 Å². The Balaban J connectivity index is 1.71. The molecule has 0 unspecified atom stereocenters. The Hall–Kier alpha value is -2.72. The Morgan fingerprint density at radius 3 is 2.72 bits per heavy atom. The molecule has 124 valence electrons. The fraction of sp³-hybridized carbons (Fsp3) is 0.150. The van der Waals surface area contributed by atoms with Crippen LogP contribution in [0.2, 0.25) is 5.02 Å². The number of nitrogens with zero attached hydrogens (tertiary/aromatic N) is 3. The smallest absolute Gasteiger partial charge is 0.240 e. The molecule has 25 heavy (non-hydrogen) atoms. The summed E-state index contributed by atoms with van der Waals surface area (Å²) in [6, 6.07) is 17.5. The molecule has 0 N–H and O–H groups in total. The van der Waals surface area contributed by atoms with Gasteiger partial charge in [-0.2, -0.15) is 5.10 Å². The number of hydrazone groups is 1. The van der Waals surface area contributed by atoms with Crippen LogP contribution in [0.25, 0.3) is 10.9 Å². The average Bonchev–Trinajstić information content (AvgIpc) is 3.07. The van der Waals surface area contributed by atoms with E-state index in [1.165, 1.54) is 0 Å². The third kappa shape index (κ3) is 3.01. The van der Waals surface area contributed by atoms with E-state index in [0.29, 0.717) is 11.4 Å². The number of aromatic nitrogens is 1. The van der Waals surface area contributed by atoms with Gasteiger partial charge in [0, 0.05) is 30.0 Å². The highest BCUT2D eigenvalue weighted by atomic mass is 35.5. The maximum atomic E-state index is 12.1. The lowest BCUT2D eigenvalue weighted by Crippen LogP contribution is -2.24. The summed E-state index contributed by atoms with van der Waals surface area (Å²) in [4.78, 5) is 16.5. The summed E-state index contributed by atoms with van der Waals surface area (Å²) >= 11 is 5.97. The van der Waals surface area contributed by atoms with Gasteiger partial charge in [-0.25, -0.2) is 5.01 Å². The lowest BCUT2D eigenvalue weighted by molar-refractivity contribution is -0.130. The zero-order valence-electron chi connectivity index (χ0n) is 13.7. The molecule has 0 saturated carbocycles. The van der Waals surface area contributed by atoms with E-state index in [0.717, 1.165) is 27.7 Å². The number of fused-ring (bicyclic) bond motifs is 1. The predicted molar refractivity (Wildman–Crippen MR) is 99.6 cm³/mol. The van der Waals surface area contributed by atoms with Gasteiger partial charge in [-0.15, -0.1) is 0 Å². The number of rotatable bonds is 2. The van der Waals surface area contributed by atoms with Gasteiger partial charge in [0.2, 0.25) is 5.91 Å². The monoisotopic (exact) mass is 349 g/mol. The van der Waals surface area contributed by atoms with Crippen LogP contribution in [0, 0.1) is 0 Å². The van der Waals surface area contributed by atoms with Crippen LogP contribution in [0.5, 0.6) is 0 Å². The summed E-state index contributed by atoms with van der Waals surface area (Å²) in [5, 5.41) is 7.88. The molecule has 2 heterocycles. The van der Waals surface area contributed by atoms with Crippen molar-refractivity contribution in [1.29, 1.82) is 0 Å². The normalized spacial score (nSPS) is 17.0. The molecule has 1 aliphatic rings. The van der Waals surface area contributed by atoms with E-state index in [2.05, 4.69) is 16.2 Å². The molecule has 0 aliphatic carbocycles. The molecule has 0 radical (unpaired) electrons. The molecule has 1 atom stereocenters. The van der Waals surface area contributed by atoms with Crippen molar-refractivity contribution in [2.24, 2.45) is 5.10 Å². The molecular weight excluding hydrogens is 334 g/mol. The molecule has 4 nitrogen and oxygen atoms in total. The molecule has 1 aliphatic heterocycles. The third-order valence-corrected chi connectivity index (χ3v) is 4.67. The number of pyridine rings is 1. The van der Waals surface area contributed by atoms with Crippen molar-refractivity contribution in [3.8, 4) is 0 Å². The zero-order valence-corrected chi connectivity index (χ0v) is 14.4. The van der Waals surface area contributed by atoms with Crippen LogP contribution in [-0.2, 0) is 4.79 Å². The number of hydrogen-bond acceptors (Lipinski definition) is 3. The minimum atomic E-state index is -0.104. The van der Waals surface area contributed by atoms with Gasteiger partial charge in [-0.05, 0) is 41.5 Å². The van der Waals surface area contributed by atoms with E-state index >= 15 is 0 Å². The van der Waals surface area contributed by atoms with E-state index in [1.54, 1.807) is 18.1 Å². The average molecular weight is 350 g/mol. The van der Waals surface area contributed by atoms with Crippen LogP contribution in [0.1, 0.15) is 30.5 Å². The lowest BCUT2D eigenvalue weighted by Gasteiger charge is -2.20. The standard InChI is InChI=1S/C20H16ClN3O/c1-13(25)24-20(12-19(23-24)14-4-7-17(21)8-5-14)16-6-9-18-15(11-16)3-2-10-22-18/h2-11,20H,12H2,1H3/t20-/m1/s1. The Morgan fingerprint density at radius 2 is 1.96 bits per heavy atom. The van der Waals surface area contributed by atoms with Crippen LogP contribution < -0.4 is 0 Å². The fourth-order valence-electron chi connectivity index (χ4n) is 3.18. The molecule has 5 heteroatoms. The van der Waals surface area contributed by atoms with E-state index in [9.17, 15) is 4.79 Å². The van der Waals surface area contributed by atoms with E-state index < -0.39 is 0 Å². The first-order valence-electron chi connectivity index (χ1n) is 8.10. The Morgan fingerprint density at radius 1 is 1.16 bits per heavy atom. The van der Waals surface area contributed by atoms with Crippen molar-refractivity contribution in [2.45, 2.75) is 19.4 Å². The summed E-state index contributed by atoms with van der Waals surface area (Å²) in [7, 11) is 0. The summed E-state index contributed by atoms with van der Waals surface area (Å²) < 4.78 is 0. The van der Waals surface area contributed by atoms with Crippen LogP contribution in [0.4, 0.5) is 0 Å². The maximum absolute atomic E-state index is 12.1. The lowest BCUT2D eigenvalue weighted by atomic mass is 9.97. The molecule has 1 aromatic heterocycles. The number of benzene rings is 2. The fourth-order valence-corrected chi connectivity index (χ4v) is 3.30. The second-order valence-electron chi connectivity index (χ2n) is 6.09. The van der Waals surface area contributed by atoms with Crippen LogP contribution in [0.15, 0.2) is 65.9 Å². The molecule has 2 aromatic carbocycles. The highest BCUT2D eigenvalue weighted by molar-refractivity contribution is 6.30. The first-order chi connectivity index (χ1) is 12.1. The zero-order chi connectivity index (χ0) is 17.4. The molecular formula is C20H16ClN3O. The van der Waals surface area contributed by atoms with Gasteiger partial charge in [0.15, 0.2) is 0 Å². The molecule has 1 amide bonds. The van der Waals surface area contributed by atoms with Crippen molar-refractivity contribution in [1.82, 2.24) is 9.99 Å². The van der Waals surface area contributed by atoms with Crippen LogP contribution in [-0.4, -0.2) is 21.6 Å². The van der Waals surface area contributed by atoms with Gasteiger partial charge >= 0.3 is 0 Å². The Kier molecular flexibility index (Phi) is 3.98. The number of carbonyl (C=O) groups is 1. The second kappa shape index (κ2) is 6.30. The highest BCUT2D eigenvalue weighted by Crippen LogP contribution is 2.34. The van der Waals surface area contributed by atoms with Crippen molar-refractivity contribution in [3.63, 3.8) is 0 Å². The van der Waals surface area contributed by atoms with Gasteiger partial charge in [0.1, 0.15) is 0 Å². The van der Waals surface area contributed by atoms with Gasteiger partial charge in [0.25, 0.3) is 0 Å². The van der Waals surface area contributed by atoms with Crippen molar-refractivity contribution >= 4 is 34.1 Å². The molecule has 0 fully saturated rings. The summed E-state index contributed by atoms with van der Waals surface area (Å²) in [5.74, 6) is -0.0692. The molecule has 3 aromatic rings.